The van der Waals surface area contributed by atoms with E-state index in [2.05, 4.69) is 20.3 Å². The van der Waals surface area contributed by atoms with Crippen LogP contribution < -0.4 is 0 Å². The van der Waals surface area contributed by atoms with Gasteiger partial charge < -0.3 is 14.4 Å². The van der Waals surface area contributed by atoms with Gasteiger partial charge in [-0.05, 0) is 56.3 Å². The van der Waals surface area contributed by atoms with Gasteiger partial charge in [-0.1, -0.05) is 23.2 Å². The van der Waals surface area contributed by atoms with E-state index in [9.17, 15) is 0 Å². The van der Waals surface area contributed by atoms with Crippen molar-refractivity contribution in [3.63, 3.8) is 0 Å². The van der Waals surface area contributed by atoms with Gasteiger partial charge in [-0.3, -0.25) is 0 Å². The van der Waals surface area contributed by atoms with E-state index in [1.807, 2.05) is 6.07 Å². The van der Waals surface area contributed by atoms with Crippen molar-refractivity contribution in [1.29, 1.82) is 0 Å². The van der Waals surface area contributed by atoms with Crippen molar-refractivity contribution >= 4 is 23.2 Å². The summed E-state index contributed by atoms with van der Waals surface area (Å²) in [5.74, 6) is 0.815. The van der Waals surface area contributed by atoms with E-state index in [0.717, 1.165) is 62.1 Å². The molecule has 2 saturated heterocycles. The summed E-state index contributed by atoms with van der Waals surface area (Å²) in [7, 11) is 0. The zero-order valence-electron chi connectivity index (χ0n) is 15.9. The molecule has 0 radical (unpaired) electrons. The van der Waals surface area contributed by atoms with Crippen LogP contribution in [0.15, 0.2) is 18.2 Å². The maximum Gasteiger partial charge on any atom is 0.119 e. The molecule has 1 N–H and O–H groups in total. The van der Waals surface area contributed by atoms with Crippen molar-refractivity contribution in [2.45, 2.75) is 38.4 Å². The molecule has 2 aromatic rings. The van der Waals surface area contributed by atoms with Crippen LogP contribution in [-0.2, 0) is 16.1 Å². The van der Waals surface area contributed by atoms with Gasteiger partial charge in [-0.2, -0.15) is 15.4 Å². The van der Waals surface area contributed by atoms with Crippen LogP contribution in [0, 0.1) is 5.92 Å². The predicted octanol–water partition coefficient (Wildman–Crippen LogP) is 4.19. The zero-order valence-corrected chi connectivity index (χ0v) is 17.4. The second kappa shape index (κ2) is 9.55. The number of rotatable bonds is 7. The molecule has 4 rings (SSSR count). The quantitative estimate of drug-likeness (QED) is 0.721. The third kappa shape index (κ3) is 5.05. The highest BCUT2D eigenvalue weighted by molar-refractivity contribution is 6.36. The Bertz CT molecular complexity index is 779. The highest BCUT2D eigenvalue weighted by atomic mass is 35.5. The maximum atomic E-state index is 6.32. The molecule has 0 spiro atoms. The van der Waals surface area contributed by atoms with Crippen molar-refractivity contribution in [3.8, 4) is 11.3 Å². The fourth-order valence-corrected chi connectivity index (χ4v) is 4.48. The first kappa shape index (κ1) is 20.1. The van der Waals surface area contributed by atoms with Crippen molar-refractivity contribution in [3.05, 3.63) is 33.9 Å². The van der Waals surface area contributed by atoms with Crippen molar-refractivity contribution in [1.82, 2.24) is 20.3 Å². The summed E-state index contributed by atoms with van der Waals surface area (Å²) in [6.45, 7) is 5.51. The molecule has 0 aliphatic carbocycles. The van der Waals surface area contributed by atoms with Gasteiger partial charge in [0, 0.05) is 36.9 Å². The monoisotopic (exact) mass is 424 g/mol. The topological polar surface area (TPSA) is 63.3 Å². The highest BCUT2D eigenvalue weighted by Crippen LogP contribution is 2.31. The van der Waals surface area contributed by atoms with E-state index >= 15 is 0 Å². The van der Waals surface area contributed by atoms with Gasteiger partial charge >= 0.3 is 0 Å². The van der Waals surface area contributed by atoms with E-state index < -0.39 is 0 Å². The lowest BCUT2D eigenvalue weighted by atomic mass is 9.96. The summed E-state index contributed by atoms with van der Waals surface area (Å²) in [5, 5.41) is 12.4. The number of nitrogens with zero attached hydrogens (tertiary/aromatic N) is 3. The molecule has 3 heterocycles. The fourth-order valence-electron chi connectivity index (χ4n) is 3.98. The summed E-state index contributed by atoms with van der Waals surface area (Å²) in [6.07, 6.45) is 4.97. The number of H-pyrrole nitrogens is 1. The minimum absolute atomic E-state index is 0.236. The van der Waals surface area contributed by atoms with Crippen LogP contribution >= 0.6 is 23.2 Å². The molecule has 0 bridgehead atoms. The smallest absolute Gasteiger partial charge is 0.119 e. The van der Waals surface area contributed by atoms with Crippen LogP contribution in [0.5, 0.6) is 0 Å². The van der Waals surface area contributed by atoms with Crippen LogP contribution in [0.4, 0.5) is 0 Å². The highest BCUT2D eigenvalue weighted by Gasteiger charge is 2.25. The number of benzene rings is 1. The standard InChI is InChI=1S/C20H26Cl2N4O2/c21-15-1-2-17(18(22)11-15)20-19(23-25-24-20)13-28-16-4-8-26(12-16)7-3-14-5-9-27-10-6-14/h1-2,11,14,16H,3-10,12-13H2,(H,23,24,25)/t16-/m0/s1. The Labute approximate surface area is 175 Å². The van der Waals surface area contributed by atoms with Gasteiger partial charge in [-0.15, -0.1) is 0 Å². The Kier molecular flexibility index (Phi) is 6.86. The average molecular weight is 425 g/mol. The number of hydrogen-bond acceptors (Lipinski definition) is 5. The van der Waals surface area contributed by atoms with Crippen LogP contribution in [0.3, 0.4) is 0 Å². The number of halogens is 2. The molecular formula is C20H26Cl2N4O2. The molecule has 2 aliphatic heterocycles. The minimum Gasteiger partial charge on any atom is -0.381 e. The van der Waals surface area contributed by atoms with Crippen LogP contribution in [-0.4, -0.2) is 59.3 Å². The van der Waals surface area contributed by atoms with E-state index in [1.165, 1.54) is 19.3 Å². The van der Waals surface area contributed by atoms with Crippen molar-refractivity contribution in [2.75, 3.05) is 32.8 Å². The van der Waals surface area contributed by atoms with E-state index in [1.54, 1.807) is 12.1 Å². The summed E-state index contributed by atoms with van der Waals surface area (Å²) >= 11 is 12.3. The second-order valence-corrected chi connectivity index (χ2v) is 8.45. The van der Waals surface area contributed by atoms with Crippen molar-refractivity contribution < 1.29 is 9.47 Å². The number of nitrogens with one attached hydrogen (secondary N) is 1. The predicted molar refractivity (Wildman–Crippen MR) is 110 cm³/mol. The SMILES string of the molecule is Clc1ccc(-c2n[nH]nc2CO[C@H]2CCN(CCC3CCOCC3)C2)c(Cl)c1. The molecule has 2 aliphatic rings. The summed E-state index contributed by atoms with van der Waals surface area (Å²) in [6, 6.07) is 5.38. The molecule has 0 amide bonds. The summed E-state index contributed by atoms with van der Waals surface area (Å²) < 4.78 is 11.6. The third-order valence-corrected chi connectivity index (χ3v) is 6.23. The van der Waals surface area contributed by atoms with Gasteiger partial charge in [-0.25, -0.2) is 0 Å². The number of ether oxygens (including phenoxy) is 2. The van der Waals surface area contributed by atoms with E-state index in [4.69, 9.17) is 32.7 Å². The van der Waals surface area contributed by atoms with Crippen LogP contribution in [0.25, 0.3) is 11.3 Å². The lowest BCUT2D eigenvalue weighted by Gasteiger charge is -2.24. The molecule has 6 nitrogen and oxygen atoms in total. The lowest BCUT2D eigenvalue weighted by molar-refractivity contribution is 0.0420. The molecule has 0 unspecified atom stereocenters. The largest absolute Gasteiger partial charge is 0.381 e. The Morgan fingerprint density at radius 1 is 1.18 bits per heavy atom. The number of aromatic nitrogens is 3. The average Bonchev–Trinajstić information content (AvgIpc) is 3.35. The molecule has 1 atom stereocenters. The number of likely N-dealkylation sites (tertiary alicyclic amines) is 1. The Morgan fingerprint density at radius 3 is 2.86 bits per heavy atom. The molecule has 0 saturated carbocycles. The molecular weight excluding hydrogens is 399 g/mol. The van der Waals surface area contributed by atoms with Gasteiger partial charge in [0.05, 0.1) is 17.7 Å². The zero-order chi connectivity index (χ0) is 19.3. The molecule has 152 valence electrons. The molecule has 1 aromatic heterocycles. The lowest BCUT2D eigenvalue weighted by Crippen LogP contribution is -2.27. The van der Waals surface area contributed by atoms with E-state index in [-0.39, 0.29) is 6.10 Å². The summed E-state index contributed by atoms with van der Waals surface area (Å²) in [5.41, 5.74) is 2.30. The molecule has 1 aromatic carbocycles. The van der Waals surface area contributed by atoms with Gasteiger partial charge in [0.1, 0.15) is 11.4 Å². The number of aromatic amines is 1. The fraction of sp³-hybridized carbons (Fsp3) is 0.600. The molecule has 28 heavy (non-hydrogen) atoms. The first-order valence-corrected chi connectivity index (χ1v) is 10.7. The normalized spacial score (nSPS) is 21.4. The first-order valence-electron chi connectivity index (χ1n) is 9.96. The summed E-state index contributed by atoms with van der Waals surface area (Å²) in [4.78, 5) is 2.51. The second-order valence-electron chi connectivity index (χ2n) is 7.61. The Morgan fingerprint density at radius 2 is 2.04 bits per heavy atom. The Hall–Kier alpha value is -1.18. The molecule has 8 heteroatoms. The van der Waals surface area contributed by atoms with E-state index in [0.29, 0.717) is 16.7 Å². The number of hydrogen-bond donors (Lipinski definition) is 1. The Balaban J connectivity index is 1.27. The third-order valence-electron chi connectivity index (χ3n) is 5.69. The minimum atomic E-state index is 0.236. The first-order chi connectivity index (χ1) is 13.7. The maximum absolute atomic E-state index is 6.32. The van der Waals surface area contributed by atoms with Gasteiger partial charge in [0.25, 0.3) is 0 Å². The van der Waals surface area contributed by atoms with Gasteiger partial charge in [0.2, 0.25) is 0 Å². The van der Waals surface area contributed by atoms with Crippen LogP contribution in [0.2, 0.25) is 10.0 Å². The molecule has 2 fully saturated rings. The van der Waals surface area contributed by atoms with Crippen LogP contribution in [0.1, 0.15) is 31.4 Å². The van der Waals surface area contributed by atoms with Crippen molar-refractivity contribution in [2.24, 2.45) is 5.92 Å². The van der Waals surface area contributed by atoms with Gasteiger partial charge in [0.15, 0.2) is 0 Å².